The SMILES string of the molecule is COc1ccc(N(Cc2ccccc2)C(=O)Cc2ccc3c(c2)OCCO3)cc1. The van der Waals surface area contributed by atoms with E-state index in [1.54, 1.807) is 12.0 Å². The third kappa shape index (κ3) is 4.51. The molecule has 3 aromatic rings. The maximum Gasteiger partial charge on any atom is 0.231 e. The van der Waals surface area contributed by atoms with Crippen molar-refractivity contribution in [1.82, 2.24) is 0 Å². The Balaban J connectivity index is 1.58. The van der Waals surface area contributed by atoms with Gasteiger partial charge in [-0.1, -0.05) is 36.4 Å². The quantitative estimate of drug-likeness (QED) is 0.633. The van der Waals surface area contributed by atoms with Crippen molar-refractivity contribution in [2.75, 3.05) is 25.2 Å². The highest BCUT2D eigenvalue weighted by Crippen LogP contribution is 2.31. The van der Waals surface area contributed by atoms with Crippen LogP contribution in [0, 0.1) is 0 Å². The molecule has 1 amide bonds. The molecule has 0 spiro atoms. The van der Waals surface area contributed by atoms with E-state index in [4.69, 9.17) is 14.2 Å². The number of benzene rings is 3. The minimum atomic E-state index is 0.00991. The van der Waals surface area contributed by atoms with E-state index in [1.807, 2.05) is 72.8 Å². The second-order valence-electron chi connectivity index (χ2n) is 6.82. The van der Waals surface area contributed by atoms with Crippen molar-refractivity contribution in [2.24, 2.45) is 0 Å². The first kappa shape index (κ1) is 18.9. The number of nitrogens with zero attached hydrogens (tertiary/aromatic N) is 1. The van der Waals surface area contributed by atoms with Crippen molar-refractivity contribution >= 4 is 11.6 Å². The smallest absolute Gasteiger partial charge is 0.231 e. The highest BCUT2D eigenvalue weighted by atomic mass is 16.6. The van der Waals surface area contributed by atoms with E-state index in [9.17, 15) is 4.79 Å². The first-order chi connectivity index (χ1) is 14.2. The zero-order valence-corrected chi connectivity index (χ0v) is 16.3. The van der Waals surface area contributed by atoms with Gasteiger partial charge >= 0.3 is 0 Å². The topological polar surface area (TPSA) is 48.0 Å². The minimum Gasteiger partial charge on any atom is -0.497 e. The van der Waals surface area contributed by atoms with Gasteiger partial charge in [0.15, 0.2) is 11.5 Å². The summed E-state index contributed by atoms with van der Waals surface area (Å²) in [5.74, 6) is 2.19. The second-order valence-corrected chi connectivity index (χ2v) is 6.82. The molecule has 0 saturated heterocycles. The predicted molar refractivity (Wildman–Crippen MR) is 112 cm³/mol. The van der Waals surface area contributed by atoms with Crippen LogP contribution in [0.25, 0.3) is 0 Å². The summed E-state index contributed by atoms with van der Waals surface area (Å²) in [5.41, 5.74) is 2.79. The number of anilines is 1. The van der Waals surface area contributed by atoms with Gasteiger partial charge in [0.2, 0.25) is 5.91 Å². The molecule has 0 N–H and O–H groups in total. The van der Waals surface area contributed by atoms with Gasteiger partial charge in [-0.05, 0) is 47.5 Å². The van der Waals surface area contributed by atoms with Crippen LogP contribution in [-0.2, 0) is 17.8 Å². The Labute approximate surface area is 170 Å². The summed E-state index contributed by atoms with van der Waals surface area (Å²) in [7, 11) is 1.63. The molecular weight excluding hydrogens is 366 g/mol. The molecule has 0 bridgehead atoms. The zero-order valence-electron chi connectivity index (χ0n) is 16.3. The van der Waals surface area contributed by atoms with Crippen LogP contribution in [0.3, 0.4) is 0 Å². The Bertz CT molecular complexity index is 970. The van der Waals surface area contributed by atoms with Gasteiger partial charge in [0, 0.05) is 5.69 Å². The molecule has 1 aliphatic heterocycles. The molecule has 0 aliphatic carbocycles. The van der Waals surface area contributed by atoms with Gasteiger partial charge in [-0.2, -0.15) is 0 Å². The highest BCUT2D eigenvalue weighted by molar-refractivity contribution is 5.94. The summed E-state index contributed by atoms with van der Waals surface area (Å²) in [6, 6.07) is 23.2. The molecule has 148 valence electrons. The van der Waals surface area contributed by atoms with Crippen molar-refractivity contribution in [3.8, 4) is 17.2 Å². The fourth-order valence-corrected chi connectivity index (χ4v) is 3.32. The Morgan fingerprint density at radius 1 is 0.897 bits per heavy atom. The fourth-order valence-electron chi connectivity index (χ4n) is 3.32. The maximum absolute atomic E-state index is 13.3. The number of hydrogen-bond acceptors (Lipinski definition) is 4. The predicted octanol–water partition coefficient (Wildman–Crippen LogP) is 4.24. The largest absolute Gasteiger partial charge is 0.497 e. The summed E-state index contributed by atoms with van der Waals surface area (Å²) in [6.45, 7) is 1.57. The molecule has 0 atom stereocenters. The van der Waals surface area contributed by atoms with Crippen molar-refractivity contribution < 1.29 is 19.0 Å². The molecule has 4 rings (SSSR count). The molecule has 0 saturated carbocycles. The standard InChI is InChI=1S/C24H23NO4/c1-27-21-10-8-20(9-11-21)25(17-18-5-3-2-4-6-18)24(26)16-19-7-12-22-23(15-19)29-14-13-28-22/h2-12,15H,13-14,16-17H2,1H3. The molecule has 5 heteroatoms. The molecule has 0 radical (unpaired) electrons. The van der Waals surface area contributed by atoms with Crippen molar-refractivity contribution in [3.63, 3.8) is 0 Å². The van der Waals surface area contributed by atoms with Crippen LogP contribution in [0.2, 0.25) is 0 Å². The summed E-state index contributed by atoms with van der Waals surface area (Å²) < 4.78 is 16.5. The summed E-state index contributed by atoms with van der Waals surface area (Å²) in [5, 5.41) is 0. The number of rotatable bonds is 6. The number of methoxy groups -OCH3 is 1. The Kier molecular flexibility index (Phi) is 5.66. The number of carbonyl (C=O) groups excluding carboxylic acids is 1. The summed E-state index contributed by atoms with van der Waals surface area (Å²) in [4.78, 5) is 15.1. The monoisotopic (exact) mass is 389 g/mol. The fraction of sp³-hybridized carbons (Fsp3) is 0.208. The van der Waals surface area contributed by atoms with Crippen LogP contribution in [0.15, 0.2) is 72.8 Å². The van der Waals surface area contributed by atoms with E-state index >= 15 is 0 Å². The van der Waals surface area contributed by atoms with Gasteiger partial charge in [0.1, 0.15) is 19.0 Å². The van der Waals surface area contributed by atoms with Gasteiger partial charge in [-0.3, -0.25) is 4.79 Å². The Morgan fingerprint density at radius 3 is 2.34 bits per heavy atom. The van der Waals surface area contributed by atoms with E-state index in [-0.39, 0.29) is 12.3 Å². The van der Waals surface area contributed by atoms with E-state index in [1.165, 1.54) is 0 Å². The summed E-state index contributed by atoms with van der Waals surface area (Å²) in [6.07, 6.45) is 0.273. The minimum absolute atomic E-state index is 0.00991. The normalized spacial score (nSPS) is 12.3. The third-order valence-electron chi connectivity index (χ3n) is 4.83. The van der Waals surface area contributed by atoms with Gasteiger partial charge in [-0.25, -0.2) is 0 Å². The lowest BCUT2D eigenvalue weighted by molar-refractivity contribution is -0.118. The number of fused-ring (bicyclic) bond motifs is 1. The lowest BCUT2D eigenvalue weighted by Gasteiger charge is -2.24. The molecule has 0 unspecified atom stereocenters. The molecule has 1 heterocycles. The molecule has 0 aromatic heterocycles. The van der Waals surface area contributed by atoms with Crippen LogP contribution in [-0.4, -0.2) is 26.2 Å². The Hall–Kier alpha value is -3.47. The van der Waals surface area contributed by atoms with Gasteiger partial charge in [-0.15, -0.1) is 0 Å². The van der Waals surface area contributed by atoms with E-state index < -0.39 is 0 Å². The second kappa shape index (κ2) is 8.69. The first-order valence-corrected chi connectivity index (χ1v) is 9.60. The molecule has 29 heavy (non-hydrogen) atoms. The average Bonchev–Trinajstić information content (AvgIpc) is 2.78. The Morgan fingerprint density at radius 2 is 1.62 bits per heavy atom. The lowest BCUT2D eigenvalue weighted by Crippen LogP contribution is -2.31. The maximum atomic E-state index is 13.3. The number of amides is 1. The zero-order chi connectivity index (χ0) is 20.1. The lowest BCUT2D eigenvalue weighted by atomic mass is 10.1. The third-order valence-corrected chi connectivity index (χ3v) is 4.83. The van der Waals surface area contributed by atoms with Gasteiger partial charge in [0.05, 0.1) is 20.1 Å². The molecular formula is C24H23NO4. The van der Waals surface area contributed by atoms with Gasteiger partial charge < -0.3 is 19.1 Å². The van der Waals surface area contributed by atoms with Crippen molar-refractivity contribution in [3.05, 3.63) is 83.9 Å². The first-order valence-electron chi connectivity index (χ1n) is 9.60. The van der Waals surface area contributed by atoms with Gasteiger partial charge in [0.25, 0.3) is 0 Å². The highest BCUT2D eigenvalue weighted by Gasteiger charge is 2.19. The van der Waals surface area contributed by atoms with Crippen molar-refractivity contribution in [2.45, 2.75) is 13.0 Å². The van der Waals surface area contributed by atoms with Crippen molar-refractivity contribution in [1.29, 1.82) is 0 Å². The van der Waals surface area contributed by atoms with Crippen LogP contribution in [0.5, 0.6) is 17.2 Å². The van der Waals surface area contributed by atoms with E-state index in [0.717, 1.165) is 28.3 Å². The number of ether oxygens (including phenoxy) is 3. The average molecular weight is 389 g/mol. The van der Waals surface area contributed by atoms with Crippen LogP contribution in [0.1, 0.15) is 11.1 Å². The molecule has 3 aromatic carbocycles. The molecule has 0 fully saturated rings. The van der Waals surface area contributed by atoms with E-state index in [0.29, 0.717) is 25.5 Å². The van der Waals surface area contributed by atoms with Crippen LogP contribution >= 0.6 is 0 Å². The van der Waals surface area contributed by atoms with Crippen LogP contribution < -0.4 is 19.1 Å². The molecule has 1 aliphatic rings. The van der Waals surface area contributed by atoms with E-state index in [2.05, 4.69) is 0 Å². The number of carbonyl (C=O) groups is 1. The number of hydrogen-bond donors (Lipinski definition) is 0. The van der Waals surface area contributed by atoms with Crippen LogP contribution in [0.4, 0.5) is 5.69 Å². The summed E-state index contributed by atoms with van der Waals surface area (Å²) >= 11 is 0. The molecule has 5 nitrogen and oxygen atoms in total.